The van der Waals surface area contributed by atoms with E-state index in [4.69, 9.17) is 9.84 Å². The third-order valence-corrected chi connectivity index (χ3v) is 3.21. The summed E-state index contributed by atoms with van der Waals surface area (Å²) in [7, 11) is 0. The first-order valence-corrected chi connectivity index (χ1v) is 6.65. The van der Waals surface area contributed by atoms with E-state index in [0.717, 1.165) is 11.8 Å². The molecular weight excluding hydrogens is 302 g/mol. The fourth-order valence-electron chi connectivity index (χ4n) is 1.73. The normalized spacial score (nSPS) is 17.6. The number of rotatable bonds is 4. The number of alkyl halides is 1. The summed E-state index contributed by atoms with van der Waals surface area (Å²) in [5, 5.41) is 12.4. The Bertz CT molecular complexity index is 489. The Morgan fingerprint density at radius 1 is 1.50 bits per heavy atom. The van der Waals surface area contributed by atoms with Crippen LogP contribution in [0.1, 0.15) is 23.2 Å². The molecule has 0 radical (unpaired) electrons. The minimum absolute atomic E-state index is 0.143. The summed E-state index contributed by atoms with van der Waals surface area (Å²) in [5.74, 6) is -0.795. The van der Waals surface area contributed by atoms with E-state index in [2.05, 4.69) is 21.2 Å². The minimum Gasteiger partial charge on any atom is -0.478 e. The number of carbonyl (C=O) groups is 2. The van der Waals surface area contributed by atoms with Gasteiger partial charge in [-0.25, -0.2) is 4.79 Å². The van der Waals surface area contributed by atoms with Crippen LogP contribution in [0.3, 0.4) is 0 Å². The highest BCUT2D eigenvalue weighted by atomic mass is 79.9. The van der Waals surface area contributed by atoms with E-state index in [-0.39, 0.29) is 11.5 Å². The summed E-state index contributed by atoms with van der Waals surface area (Å²) in [6.45, 7) is 0. The molecule has 0 fully saturated rings. The van der Waals surface area contributed by atoms with Crippen LogP contribution in [0.25, 0.3) is 0 Å². The van der Waals surface area contributed by atoms with Crippen LogP contribution in [0.4, 0.5) is 5.69 Å². The van der Waals surface area contributed by atoms with Crippen molar-refractivity contribution in [2.45, 2.75) is 18.9 Å². The SMILES string of the molecule is O=C(O)c1ccc2c(c1)OC(CCCBr)C(=O)N2. The zero-order valence-corrected chi connectivity index (χ0v) is 11.1. The molecule has 1 aromatic carbocycles. The van der Waals surface area contributed by atoms with Crippen molar-refractivity contribution in [3.05, 3.63) is 23.8 Å². The summed E-state index contributed by atoms with van der Waals surface area (Å²) in [6, 6.07) is 4.40. The molecule has 1 heterocycles. The maximum Gasteiger partial charge on any atom is 0.335 e. The number of halogens is 1. The topological polar surface area (TPSA) is 75.6 Å². The average Bonchev–Trinajstić information content (AvgIpc) is 2.35. The summed E-state index contributed by atoms with van der Waals surface area (Å²) < 4.78 is 5.54. The number of carboxylic acids is 1. The Kier molecular flexibility index (Phi) is 3.86. The predicted octanol–water partition coefficient (Wildman–Crippen LogP) is 2.26. The van der Waals surface area contributed by atoms with Crippen molar-refractivity contribution in [3.63, 3.8) is 0 Å². The standard InChI is InChI=1S/C12H12BrNO4/c13-5-1-2-9-11(15)14-8-4-3-7(12(16)17)6-10(8)18-9/h3-4,6,9H,1-2,5H2,(H,14,15)(H,16,17). The first-order chi connectivity index (χ1) is 8.61. The Labute approximate surface area is 112 Å². The lowest BCUT2D eigenvalue weighted by Gasteiger charge is -2.25. The van der Waals surface area contributed by atoms with Gasteiger partial charge in [0.05, 0.1) is 11.3 Å². The van der Waals surface area contributed by atoms with Crippen LogP contribution in [0.5, 0.6) is 5.75 Å². The number of ether oxygens (including phenoxy) is 1. The van der Waals surface area contributed by atoms with Gasteiger partial charge >= 0.3 is 5.97 Å². The van der Waals surface area contributed by atoms with Crippen molar-refractivity contribution in [1.82, 2.24) is 0 Å². The predicted molar refractivity (Wildman–Crippen MR) is 69.5 cm³/mol. The summed E-state index contributed by atoms with van der Waals surface area (Å²) in [6.07, 6.45) is 0.846. The van der Waals surface area contributed by atoms with Crippen molar-refractivity contribution < 1.29 is 19.4 Å². The van der Waals surface area contributed by atoms with Crippen LogP contribution in [0, 0.1) is 0 Å². The van der Waals surface area contributed by atoms with Crippen LogP contribution in [0.2, 0.25) is 0 Å². The smallest absolute Gasteiger partial charge is 0.335 e. The molecule has 1 unspecified atom stereocenters. The number of carbonyl (C=O) groups excluding carboxylic acids is 1. The highest BCUT2D eigenvalue weighted by molar-refractivity contribution is 9.09. The van der Waals surface area contributed by atoms with E-state index in [1.165, 1.54) is 18.2 Å². The Morgan fingerprint density at radius 2 is 2.28 bits per heavy atom. The van der Waals surface area contributed by atoms with Gasteiger partial charge in [-0.1, -0.05) is 15.9 Å². The molecule has 96 valence electrons. The summed E-state index contributed by atoms with van der Waals surface area (Å²) in [4.78, 5) is 22.6. The third-order valence-electron chi connectivity index (χ3n) is 2.65. The quantitative estimate of drug-likeness (QED) is 0.836. The number of fused-ring (bicyclic) bond motifs is 1. The molecule has 1 aliphatic rings. The number of hydrogen-bond donors (Lipinski definition) is 2. The highest BCUT2D eigenvalue weighted by Crippen LogP contribution is 2.31. The molecule has 0 spiro atoms. The number of anilines is 1. The second-order valence-electron chi connectivity index (χ2n) is 3.94. The van der Waals surface area contributed by atoms with E-state index < -0.39 is 12.1 Å². The first kappa shape index (κ1) is 12.9. The molecule has 2 rings (SSSR count). The fourth-order valence-corrected chi connectivity index (χ4v) is 2.05. The molecule has 0 aliphatic carbocycles. The van der Waals surface area contributed by atoms with Crippen molar-refractivity contribution in [2.24, 2.45) is 0 Å². The van der Waals surface area contributed by atoms with Gasteiger partial charge in [0.1, 0.15) is 5.75 Å². The van der Waals surface area contributed by atoms with Crippen molar-refractivity contribution >= 4 is 33.5 Å². The molecule has 1 atom stereocenters. The fraction of sp³-hybridized carbons (Fsp3) is 0.333. The van der Waals surface area contributed by atoms with Gasteiger partial charge < -0.3 is 15.2 Å². The number of nitrogens with one attached hydrogen (secondary N) is 1. The van der Waals surface area contributed by atoms with Crippen LogP contribution < -0.4 is 10.1 Å². The monoisotopic (exact) mass is 313 g/mol. The van der Waals surface area contributed by atoms with Crippen molar-refractivity contribution in [2.75, 3.05) is 10.6 Å². The van der Waals surface area contributed by atoms with Gasteiger partial charge in [0, 0.05) is 5.33 Å². The molecule has 0 aromatic heterocycles. The number of aromatic carboxylic acids is 1. The molecule has 1 aromatic rings. The lowest BCUT2D eigenvalue weighted by Crippen LogP contribution is -2.37. The summed E-state index contributed by atoms with van der Waals surface area (Å²) in [5.41, 5.74) is 0.657. The average molecular weight is 314 g/mol. The minimum atomic E-state index is -1.02. The molecule has 2 N–H and O–H groups in total. The number of hydrogen-bond acceptors (Lipinski definition) is 3. The zero-order valence-electron chi connectivity index (χ0n) is 9.48. The van der Waals surface area contributed by atoms with Crippen LogP contribution >= 0.6 is 15.9 Å². The molecule has 0 saturated heterocycles. The second-order valence-corrected chi connectivity index (χ2v) is 4.74. The Morgan fingerprint density at radius 3 is 2.94 bits per heavy atom. The highest BCUT2D eigenvalue weighted by Gasteiger charge is 2.27. The molecule has 6 heteroatoms. The molecule has 1 aliphatic heterocycles. The van der Waals surface area contributed by atoms with Crippen LogP contribution in [-0.2, 0) is 4.79 Å². The molecular formula is C12H12BrNO4. The maximum atomic E-state index is 11.7. The van der Waals surface area contributed by atoms with Gasteiger partial charge in [0.25, 0.3) is 5.91 Å². The van der Waals surface area contributed by atoms with E-state index in [1.807, 2.05) is 0 Å². The zero-order chi connectivity index (χ0) is 13.1. The van der Waals surface area contributed by atoms with Gasteiger partial charge in [-0.2, -0.15) is 0 Å². The second kappa shape index (κ2) is 5.39. The Balaban J connectivity index is 2.21. The molecule has 0 bridgehead atoms. The van der Waals surface area contributed by atoms with E-state index in [9.17, 15) is 9.59 Å². The van der Waals surface area contributed by atoms with E-state index in [0.29, 0.717) is 17.9 Å². The van der Waals surface area contributed by atoms with Gasteiger partial charge in [-0.15, -0.1) is 0 Å². The maximum absolute atomic E-state index is 11.7. The lowest BCUT2D eigenvalue weighted by atomic mass is 10.1. The van der Waals surface area contributed by atoms with Gasteiger partial charge in [0.15, 0.2) is 6.10 Å². The molecule has 5 nitrogen and oxygen atoms in total. The third kappa shape index (κ3) is 2.64. The van der Waals surface area contributed by atoms with Crippen molar-refractivity contribution in [1.29, 1.82) is 0 Å². The number of carboxylic acid groups (broad SMARTS) is 1. The lowest BCUT2D eigenvalue weighted by molar-refractivity contribution is -0.123. The summed E-state index contributed by atoms with van der Waals surface area (Å²) >= 11 is 3.29. The van der Waals surface area contributed by atoms with Gasteiger partial charge in [0.2, 0.25) is 0 Å². The first-order valence-electron chi connectivity index (χ1n) is 5.52. The van der Waals surface area contributed by atoms with E-state index in [1.54, 1.807) is 0 Å². The number of benzene rings is 1. The largest absolute Gasteiger partial charge is 0.478 e. The molecule has 1 amide bonds. The van der Waals surface area contributed by atoms with Crippen molar-refractivity contribution in [3.8, 4) is 5.75 Å². The van der Waals surface area contributed by atoms with Gasteiger partial charge in [-0.3, -0.25) is 4.79 Å². The van der Waals surface area contributed by atoms with Gasteiger partial charge in [-0.05, 0) is 31.0 Å². The van der Waals surface area contributed by atoms with Crippen LogP contribution in [-0.4, -0.2) is 28.4 Å². The number of amides is 1. The molecule has 0 saturated carbocycles. The van der Waals surface area contributed by atoms with E-state index >= 15 is 0 Å². The Hall–Kier alpha value is -1.56. The molecule has 18 heavy (non-hydrogen) atoms. The van der Waals surface area contributed by atoms with Crippen LogP contribution in [0.15, 0.2) is 18.2 Å².